The molecule has 0 aromatic heterocycles. The molecule has 2 rings (SSSR count). The molecule has 0 aromatic rings. The molecule has 3 nitrogen and oxygen atoms in total. The lowest BCUT2D eigenvalue weighted by atomic mass is 10.1. The van der Waals surface area contributed by atoms with Crippen LogP contribution in [0.4, 0.5) is 0 Å². The Kier molecular flexibility index (Phi) is 1.40. The Balaban J connectivity index is 2.54. The van der Waals surface area contributed by atoms with Crippen LogP contribution in [0, 0.1) is 0 Å². The molecule has 60 valence electrons. The largest absolute Gasteiger partial charge is 0.240 e. The molecule has 0 amide bonds. The van der Waals surface area contributed by atoms with Crippen LogP contribution in [-0.4, -0.2) is 15.0 Å². The highest BCUT2D eigenvalue weighted by Gasteiger charge is 2.29. The Labute approximate surface area is 65.8 Å². The SMILES string of the molecule is O=S1(=O)NCC2=CCCC=C21. The van der Waals surface area contributed by atoms with Crippen LogP contribution in [0.5, 0.6) is 0 Å². The lowest BCUT2D eigenvalue weighted by Gasteiger charge is -2.03. The van der Waals surface area contributed by atoms with Gasteiger partial charge in [-0.25, -0.2) is 13.1 Å². The van der Waals surface area contributed by atoms with Gasteiger partial charge >= 0.3 is 0 Å². The van der Waals surface area contributed by atoms with E-state index in [1.165, 1.54) is 0 Å². The van der Waals surface area contributed by atoms with Crippen molar-refractivity contribution in [3.63, 3.8) is 0 Å². The monoisotopic (exact) mass is 171 g/mol. The highest BCUT2D eigenvalue weighted by molar-refractivity contribution is 7.94. The molecule has 1 fully saturated rings. The molecule has 1 heterocycles. The van der Waals surface area contributed by atoms with Gasteiger partial charge in [-0.05, 0) is 18.4 Å². The van der Waals surface area contributed by atoms with E-state index in [1.807, 2.05) is 6.08 Å². The van der Waals surface area contributed by atoms with Crippen molar-refractivity contribution in [2.45, 2.75) is 12.8 Å². The molecule has 0 bridgehead atoms. The van der Waals surface area contributed by atoms with Gasteiger partial charge in [0.15, 0.2) is 0 Å². The summed E-state index contributed by atoms with van der Waals surface area (Å²) in [7, 11) is -3.10. The third-order valence-electron chi connectivity index (χ3n) is 1.95. The Hall–Kier alpha value is -0.610. The summed E-state index contributed by atoms with van der Waals surface area (Å²) < 4.78 is 24.8. The minimum atomic E-state index is -3.10. The van der Waals surface area contributed by atoms with E-state index in [9.17, 15) is 8.42 Å². The van der Waals surface area contributed by atoms with Crippen molar-refractivity contribution >= 4 is 10.0 Å². The average Bonchev–Trinajstić information content (AvgIpc) is 2.29. The predicted octanol–water partition coefficient (Wildman–Crippen LogP) is 0.524. The average molecular weight is 171 g/mol. The lowest BCUT2D eigenvalue weighted by Crippen LogP contribution is -2.14. The Bertz CT molecular complexity index is 337. The predicted molar refractivity (Wildman–Crippen MR) is 42.3 cm³/mol. The number of sulfonamides is 1. The smallest absolute Gasteiger partial charge is 0.207 e. The molecule has 1 aliphatic carbocycles. The quantitative estimate of drug-likeness (QED) is 0.577. The van der Waals surface area contributed by atoms with E-state index < -0.39 is 10.0 Å². The van der Waals surface area contributed by atoms with Crippen molar-refractivity contribution in [1.29, 1.82) is 0 Å². The van der Waals surface area contributed by atoms with Crippen molar-refractivity contribution in [3.05, 3.63) is 22.6 Å². The van der Waals surface area contributed by atoms with E-state index in [2.05, 4.69) is 4.72 Å². The van der Waals surface area contributed by atoms with E-state index in [0.717, 1.165) is 18.4 Å². The third kappa shape index (κ3) is 1.02. The first-order valence-corrected chi connectivity index (χ1v) is 5.08. The Morgan fingerprint density at radius 1 is 1.27 bits per heavy atom. The summed E-state index contributed by atoms with van der Waals surface area (Å²) in [6, 6.07) is 0. The van der Waals surface area contributed by atoms with Gasteiger partial charge in [-0.3, -0.25) is 0 Å². The van der Waals surface area contributed by atoms with Crippen LogP contribution in [0.2, 0.25) is 0 Å². The fourth-order valence-corrected chi connectivity index (χ4v) is 2.73. The first-order chi connectivity index (χ1) is 5.20. The summed E-state index contributed by atoms with van der Waals surface area (Å²) in [6.45, 7) is 0.480. The van der Waals surface area contributed by atoms with Gasteiger partial charge in [0.1, 0.15) is 0 Å². The molecule has 1 N–H and O–H groups in total. The van der Waals surface area contributed by atoms with Crippen molar-refractivity contribution in [3.8, 4) is 0 Å². The topological polar surface area (TPSA) is 46.2 Å². The maximum Gasteiger partial charge on any atom is 0.240 e. The number of hydrogen-bond donors (Lipinski definition) is 1. The molecule has 2 aliphatic rings. The van der Waals surface area contributed by atoms with Crippen LogP contribution < -0.4 is 4.72 Å². The van der Waals surface area contributed by atoms with Gasteiger partial charge in [-0.1, -0.05) is 12.2 Å². The third-order valence-corrected chi connectivity index (χ3v) is 3.48. The standard InChI is InChI=1S/C7H9NO2S/c9-11(10)7-4-2-1-3-6(7)5-8-11/h3-4,8H,1-2,5H2. The van der Waals surface area contributed by atoms with Crippen LogP contribution in [-0.2, 0) is 10.0 Å². The van der Waals surface area contributed by atoms with Crippen LogP contribution in [0.25, 0.3) is 0 Å². The minimum Gasteiger partial charge on any atom is -0.207 e. The maximum absolute atomic E-state index is 11.2. The molecular weight excluding hydrogens is 162 g/mol. The fourth-order valence-electron chi connectivity index (χ4n) is 1.40. The van der Waals surface area contributed by atoms with Gasteiger partial charge in [0.2, 0.25) is 10.0 Å². The second-order valence-electron chi connectivity index (χ2n) is 2.70. The van der Waals surface area contributed by atoms with Crippen molar-refractivity contribution in [1.82, 2.24) is 4.72 Å². The summed E-state index contributed by atoms with van der Waals surface area (Å²) >= 11 is 0. The van der Waals surface area contributed by atoms with Crippen molar-refractivity contribution < 1.29 is 8.42 Å². The molecule has 11 heavy (non-hydrogen) atoms. The molecule has 0 spiro atoms. The first-order valence-electron chi connectivity index (χ1n) is 3.59. The summed E-state index contributed by atoms with van der Waals surface area (Å²) in [5, 5.41) is 0. The van der Waals surface area contributed by atoms with Gasteiger partial charge in [0, 0.05) is 6.54 Å². The number of hydrogen-bond acceptors (Lipinski definition) is 2. The van der Waals surface area contributed by atoms with Gasteiger partial charge in [0.05, 0.1) is 4.91 Å². The molecule has 0 unspecified atom stereocenters. The van der Waals surface area contributed by atoms with Crippen molar-refractivity contribution in [2.75, 3.05) is 6.54 Å². The summed E-state index contributed by atoms with van der Waals surface area (Å²) in [4.78, 5) is 0.503. The molecule has 0 aromatic carbocycles. The normalized spacial score (nSPS) is 27.3. The molecular formula is C7H9NO2S. The highest BCUT2D eigenvalue weighted by atomic mass is 32.2. The van der Waals surface area contributed by atoms with E-state index in [-0.39, 0.29) is 0 Å². The Morgan fingerprint density at radius 3 is 2.73 bits per heavy atom. The zero-order valence-corrected chi connectivity index (χ0v) is 6.82. The second-order valence-corrected chi connectivity index (χ2v) is 4.44. The number of rotatable bonds is 0. The summed E-state index contributed by atoms with van der Waals surface area (Å²) in [5.41, 5.74) is 0.941. The maximum atomic E-state index is 11.2. The van der Waals surface area contributed by atoms with E-state index in [4.69, 9.17) is 0 Å². The minimum absolute atomic E-state index is 0.480. The lowest BCUT2D eigenvalue weighted by molar-refractivity contribution is 0.597. The zero-order valence-electron chi connectivity index (χ0n) is 6.00. The van der Waals surface area contributed by atoms with Gasteiger partial charge in [-0.15, -0.1) is 0 Å². The van der Waals surface area contributed by atoms with Crippen LogP contribution in [0.3, 0.4) is 0 Å². The molecule has 1 saturated heterocycles. The van der Waals surface area contributed by atoms with Crippen LogP contribution >= 0.6 is 0 Å². The van der Waals surface area contributed by atoms with Crippen LogP contribution in [0.15, 0.2) is 22.6 Å². The molecule has 4 heteroatoms. The van der Waals surface area contributed by atoms with Crippen LogP contribution in [0.1, 0.15) is 12.8 Å². The number of allylic oxidation sites excluding steroid dienone is 2. The zero-order chi connectivity index (χ0) is 7.90. The second kappa shape index (κ2) is 2.19. The Morgan fingerprint density at radius 2 is 2.00 bits per heavy atom. The molecule has 1 aliphatic heterocycles. The fraction of sp³-hybridized carbons (Fsp3) is 0.429. The van der Waals surface area contributed by atoms with Gasteiger partial charge in [-0.2, -0.15) is 0 Å². The highest BCUT2D eigenvalue weighted by Crippen LogP contribution is 2.27. The van der Waals surface area contributed by atoms with Gasteiger partial charge in [0.25, 0.3) is 0 Å². The van der Waals surface area contributed by atoms with E-state index in [1.54, 1.807) is 6.08 Å². The number of nitrogens with one attached hydrogen (secondary N) is 1. The van der Waals surface area contributed by atoms with Gasteiger partial charge < -0.3 is 0 Å². The van der Waals surface area contributed by atoms with Crippen molar-refractivity contribution in [2.24, 2.45) is 0 Å². The summed E-state index contributed by atoms with van der Waals surface area (Å²) in [6.07, 6.45) is 5.60. The first kappa shape index (κ1) is 7.06. The molecule has 0 saturated carbocycles. The summed E-state index contributed by atoms with van der Waals surface area (Å²) in [5.74, 6) is 0. The van der Waals surface area contributed by atoms with E-state index in [0.29, 0.717) is 11.4 Å². The molecule has 0 radical (unpaired) electrons. The van der Waals surface area contributed by atoms with E-state index >= 15 is 0 Å². The number of fused-ring (bicyclic) bond motifs is 1. The molecule has 0 atom stereocenters.